The molecule has 5 N–H and O–H groups in total. The number of amides is 2. The van der Waals surface area contributed by atoms with E-state index in [0.717, 1.165) is 77.0 Å². The van der Waals surface area contributed by atoms with Crippen LogP contribution in [0.4, 0.5) is 0 Å². The van der Waals surface area contributed by atoms with Crippen molar-refractivity contribution in [3.05, 3.63) is 0 Å². The first-order chi connectivity index (χ1) is 35.2. The van der Waals surface area contributed by atoms with Gasteiger partial charge < -0.3 is 25.2 Å². The summed E-state index contributed by atoms with van der Waals surface area (Å²) in [6, 6.07) is 0. The van der Waals surface area contributed by atoms with Gasteiger partial charge in [0.15, 0.2) is 0 Å². The van der Waals surface area contributed by atoms with Crippen molar-refractivity contribution in [3.8, 4) is 0 Å². The fraction of sp³-hybridized carbons (Fsp3) is 0.931. The van der Waals surface area contributed by atoms with E-state index >= 15 is 0 Å². The molecular weight excluding hydrogens is 997 g/mol. The molecule has 75 heavy (non-hydrogen) atoms. The Balaban J connectivity index is 0.724. The number of hydrogen-bond acceptors (Lipinski definition) is 11. The van der Waals surface area contributed by atoms with Crippen molar-refractivity contribution in [2.45, 2.75) is 220 Å². The molecule has 3 unspecified atom stereocenters. The molecule has 8 fully saturated rings. The minimum atomic E-state index is -4.12. The van der Waals surface area contributed by atoms with E-state index in [2.05, 4.69) is 52.2 Å². The summed E-state index contributed by atoms with van der Waals surface area (Å²) < 4.78 is 74.5. The number of rotatable bonds is 21. The Kier molecular flexibility index (Phi) is 18.3. The van der Waals surface area contributed by atoms with Gasteiger partial charge in [-0.1, -0.05) is 41.5 Å². The number of carbonyl (C=O) groups is 4. The van der Waals surface area contributed by atoms with Crippen LogP contribution in [0, 0.1) is 92.7 Å². The minimum absolute atomic E-state index is 0.0516. The van der Waals surface area contributed by atoms with Crippen molar-refractivity contribution in [1.29, 1.82) is 0 Å². The van der Waals surface area contributed by atoms with Gasteiger partial charge in [-0.05, 0) is 228 Å². The van der Waals surface area contributed by atoms with Crippen molar-refractivity contribution in [2.24, 2.45) is 92.7 Å². The van der Waals surface area contributed by atoms with Crippen LogP contribution in [-0.2, 0) is 48.9 Å². The lowest BCUT2D eigenvalue weighted by Gasteiger charge is -2.62. The van der Waals surface area contributed by atoms with E-state index in [1.807, 2.05) is 0 Å². The van der Waals surface area contributed by atoms with Gasteiger partial charge in [0.05, 0.1) is 17.6 Å². The number of unbranched alkanes of at least 4 members (excludes halogenated alkanes) is 1. The number of fused-ring (bicyclic) bond motifs is 10. The van der Waals surface area contributed by atoms with Gasteiger partial charge in [-0.3, -0.25) is 28.3 Å². The number of nitrogens with one attached hydrogen (secondary N) is 2. The highest BCUT2D eigenvalue weighted by atomic mass is 32.2. The Bertz CT molecular complexity index is 2280. The maximum absolute atomic E-state index is 13.2. The van der Waals surface area contributed by atoms with Crippen molar-refractivity contribution in [2.75, 3.05) is 24.6 Å². The molecular formula is C58H96N2O13S2. The van der Waals surface area contributed by atoms with E-state index in [-0.39, 0.29) is 89.0 Å². The molecule has 8 aliphatic carbocycles. The molecule has 0 bridgehead atoms. The Morgan fingerprint density at radius 2 is 0.960 bits per heavy atom. The summed E-state index contributed by atoms with van der Waals surface area (Å²) in [7, 11) is -8.22. The van der Waals surface area contributed by atoms with E-state index < -0.39 is 37.8 Å². The summed E-state index contributed by atoms with van der Waals surface area (Å²) >= 11 is 0. The van der Waals surface area contributed by atoms with Crippen LogP contribution in [0.25, 0.3) is 0 Å². The summed E-state index contributed by atoms with van der Waals surface area (Å²) in [5.41, 5.74) is 0.673. The van der Waals surface area contributed by atoms with Gasteiger partial charge >= 0.3 is 11.9 Å². The zero-order valence-corrected chi connectivity index (χ0v) is 48.0. The highest BCUT2D eigenvalue weighted by Gasteiger charge is 2.64. The molecule has 8 saturated carbocycles. The van der Waals surface area contributed by atoms with Crippen LogP contribution in [0.3, 0.4) is 0 Å². The number of ether oxygens (including phenoxy) is 2. The SMILES string of the molecule is C[C@H](CCC(=O)NCCS(=O)(=O)O)[C@H]1CC[C@H]2[C@@H]3CCC4C[C@H](OC(=O)CCCCC(=O)O[C@@H]5CC[C@@]6(C)C(C5)C[C@H](O)[C@@H]5C6CC[C@]6(C)[C@@H]([C@H](C)CCC(=O)NCCS(=O)(=O)O)CC[C@@H]56)CC[C@]4(C)[C@H]3CC[C@]12C. The van der Waals surface area contributed by atoms with Gasteiger partial charge in [0.25, 0.3) is 20.2 Å². The van der Waals surface area contributed by atoms with Gasteiger partial charge in [0.2, 0.25) is 11.8 Å². The Morgan fingerprint density at radius 1 is 0.533 bits per heavy atom. The van der Waals surface area contributed by atoms with Gasteiger partial charge in [-0.15, -0.1) is 0 Å². The summed E-state index contributed by atoms with van der Waals surface area (Å²) in [4.78, 5) is 51.4. The van der Waals surface area contributed by atoms with Crippen LogP contribution >= 0.6 is 0 Å². The topological polar surface area (TPSA) is 240 Å². The molecule has 0 aromatic heterocycles. The summed E-state index contributed by atoms with van der Waals surface area (Å²) in [6.45, 7) is 14.3. The van der Waals surface area contributed by atoms with Gasteiger partial charge in [0, 0.05) is 38.8 Å². The summed E-state index contributed by atoms with van der Waals surface area (Å²) in [5.74, 6) is 4.01. The molecule has 2 amide bonds. The number of hydrogen-bond donors (Lipinski definition) is 5. The normalized spacial score (nSPS) is 41.0. The highest BCUT2D eigenvalue weighted by Crippen LogP contribution is 2.70. The minimum Gasteiger partial charge on any atom is -0.462 e. The lowest BCUT2D eigenvalue weighted by atomic mass is 9.43. The summed E-state index contributed by atoms with van der Waals surface area (Å²) in [6.07, 6.45) is 21.2. The van der Waals surface area contributed by atoms with E-state index in [0.29, 0.717) is 97.7 Å². The molecule has 15 nitrogen and oxygen atoms in total. The lowest BCUT2D eigenvalue weighted by molar-refractivity contribution is -0.183. The molecule has 8 aliphatic rings. The van der Waals surface area contributed by atoms with Gasteiger partial charge in [-0.25, -0.2) is 0 Å². The fourth-order valence-electron chi connectivity index (χ4n) is 19.5. The largest absolute Gasteiger partial charge is 0.462 e. The van der Waals surface area contributed by atoms with Crippen molar-refractivity contribution < 1.29 is 59.7 Å². The van der Waals surface area contributed by atoms with Crippen LogP contribution < -0.4 is 10.6 Å². The zero-order chi connectivity index (χ0) is 54.3. The maximum Gasteiger partial charge on any atom is 0.306 e. The quantitative estimate of drug-likeness (QED) is 0.0409. The zero-order valence-electron chi connectivity index (χ0n) is 46.4. The van der Waals surface area contributed by atoms with E-state index in [4.69, 9.17) is 18.6 Å². The molecule has 0 heterocycles. The second-order valence-electron chi connectivity index (χ2n) is 27.2. The molecule has 0 aromatic rings. The highest BCUT2D eigenvalue weighted by molar-refractivity contribution is 7.86. The van der Waals surface area contributed by atoms with Crippen LogP contribution in [-0.4, -0.2) is 97.7 Å². The summed E-state index contributed by atoms with van der Waals surface area (Å²) in [5, 5.41) is 17.2. The first-order valence-electron chi connectivity index (χ1n) is 29.7. The van der Waals surface area contributed by atoms with Crippen LogP contribution in [0.2, 0.25) is 0 Å². The van der Waals surface area contributed by atoms with Crippen LogP contribution in [0.5, 0.6) is 0 Å². The first kappa shape index (κ1) is 58.8. The van der Waals surface area contributed by atoms with Crippen molar-refractivity contribution in [1.82, 2.24) is 10.6 Å². The van der Waals surface area contributed by atoms with Crippen molar-refractivity contribution in [3.63, 3.8) is 0 Å². The number of esters is 2. The molecule has 19 atom stereocenters. The second kappa shape index (κ2) is 23.4. The van der Waals surface area contributed by atoms with Crippen LogP contribution in [0.15, 0.2) is 0 Å². The standard InChI is InChI=1S/C58H96N2O13S2/c1-36(11-19-50(62)59-29-31-74(66,67)68)43-15-17-45-42-14-13-38-33-40(21-25-55(38,3)46(42)23-27-57(43,45)5)72-52(64)9-7-8-10-53(65)73-41-22-26-56(4)39(34-41)35-49(61)54-47-18-16-44(58(47,6)28-24-48(54)56)37(2)12-20-51(63)60-30-32-75(69,70)71/h36-49,54,61H,7-35H2,1-6H3,(H,59,62)(H,60,63)(H,66,67,68)(H,69,70,71)/t36-,37-,38?,39?,40-,41-,42+,43-,44-,45+,46+,47+,48?,49+,54+,55+,56+,57-,58-/m1/s1. The molecule has 428 valence electrons. The second-order valence-corrected chi connectivity index (χ2v) is 30.3. The van der Waals surface area contributed by atoms with Gasteiger partial charge in [-0.2, -0.15) is 16.8 Å². The predicted molar refractivity (Wildman–Crippen MR) is 286 cm³/mol. The van der Waals surface area contributed by atoms with E-state index in [1.54, 1.807) is 0 Å². The van der Waals surface area contributed by atoms with Crippen molar-refractivity contribution >= 4 is 44.0 Å². The average molecular weight is 1090 g/mol. The van der Waals surface area contributed by atoms with Crippen LogP contribution in [0.1, 0.15) is 202 Å². The maximum atomic E-state index is 13.2. The van der Waals surface area contributed by atoms with E-state index in [1.165, 1.54) is 38.5 Å². The first-order valence-corrected chi connectivity index (χ1v) is 33.0. The number of carbonyl (C=O) groups excluding carboxylic acids is 4. The molecule has 0 radical (unpaired) electrons. The molecule has 0 saturated heterocycles. The third-order valence-corrected chi connectivity index (χ3v) is 24.8. The van der Waals surface area contributed by atoms with E-state index in [9.17, 15) is 41.1 Å². The molecule has 0 spiro atoms. The monoisotopic (exact) mass is 1090 g/mol. The predicted octanol–water partition coefficient (Wildman–Crippen LogP) is 9.50. The Labute approximate surface area is 450 Å². The van der Waals surface area contributed by atoms with Gasteiger partial charge in [0.1, 0.15) is 12.2 Å². The third kappa shape index (κ3) is 13.0. The number of aliphatic hydroxyl groups is 1. The number of aliphatic hydroxyl groups excluding tert-OH is 1. The lowest BCUT2D eigenvalue weighted by Crippen LogP contribution is -2.58. The molecule has 0 aliphatic heterocycles. The molecule has 0 aromatic carbocycles. The third-order valence-electron chi connectivity index (χ3n) is 23.4. The average Bonchev–Trinajstić information content (AvgIpc) is 3.89. The molecule has 8 rings (SSSR count). The Hall–Kier alpha value is -2.34. The Morgan fingerprint density at radius 3 is 1.48 bits per heavy atom. The fourth-order valence-corrected chi connectivity index (χ4v) is 20.3. The molecule has 17 heteroatoms. The smallest absolute Gasteiger partial charge is 0.306 e.